The van der Waals surface area contributed by atoms with Gasteiger partial charge >= 0.3 is 0 Å². The zero-order chi connectivity index (χ0) is 30.2. The summed E-state index contributed by atoms with van der Waals surface area (Å²) in [6.45, 7) is 0. The Morgan fingerprint density at radius 2 is 1.11 bits per heavy atom. The summed E-state index contributed by atoms with van der Waals surface area (Å²) in [5, 5.41) is 6.81. The summed E-state index contributed by atoms with van der Waals surface area (Å²) in [4.78, 5) is 2.29. The van der Waals surface area contributed by atoms with Crippen LogP contribution in [0.1, 0.15) is 0 Å². The largest absolute Gasteiger partial charge is 0.456 e. The normalized spacial score (nSPS) is 11.9. The van der Waals surface area contributed by atoms with Gasteiger partial charge in [-0.2, -0.15) is 0 Å². The fraction of sp³-hybridized carbons (Fsp3) is 0. The summed E-state index contributed by atoms with van der Waals surface area (Å²) in [5.41, 5.74) is 8.95. The van der Waals surface area contributed by atoms with E-state index < -0.39 is 0 Å². The van der Waals surface area contributed by atoms with Gasteiger partial charge in [0.15, 0.2) is 0 Å². The van der Waals surface area contributed by atoms with Crippen molar-refractivity contribution in [3.63, 3.8) is 0 Å². The van der Waals surface area contributed by atoms with Crippen LogP contribution in [0.5, 0.6) is 0 Å². The van der Waals surface area contributed by atoms with Gasteiger partial charge in [-0.05, 0) is 60.7 Å². The van der Waals surface area contributed by atoms with Gasteiger partial charge < -0.3 is 13.7 Å². The van der Waals surface area contributed by atoms with Gasteiger partial charge in [-0.1, -0.05) is 91.0 Å². The molecule has 10 aromatic rings. The average Bonchev–Trinajstić information content (AvgIpc) is 3.79. The number of furan rings is 2. The highest BCUT2D eigenvalue weighted by Gasteiger charge is 2.24. The van der Waals surface area contributed by atoms with Crippen molar-refractivity contribution in [3.05, 3.63) is 152 Å². The molecule has 7 aromatic carbocycles. The molecule has 0 aliphatic heterocycles. The number of para-hydroxylation sites is 3. The molecule has 0 unspecified atom stereocenters. The smallest absolute Gasteiger partial charge is 0.144 e. The second-order valence-electron chi connectivity index (χ2n) is 11.7. The highest BCUT2D eigenvalue weighted by molar-refractivity contribution is 7.26. The highest BCUT2D eigenvalue weighted by atomic mass is 32.1. The molecule has 216 valence electrons. The van der Waals surface area contributed by atoms with Crippen molar-refractivity contribution in [2.24, 2.45) is 0 Å². The Kier molecular flexibility index (Phi) is 5.45. The molecule has 10 rings (SSSR count). The minimum atomic E-state index is 0.849. The first-order valence-corrected chi connectivity index (χ1v) is 16.2. The highest BCUT2D eigenvalue weighted by Crippen LogP contribution is 2.49. The number of nitrogens with zero attached hydrogens (tertiary/aromatic N) is 1. The van der Waals surface area contributed by atoms with Crippen molar-refractivity contribution >= 4 is 92.4 Å². The Hall–Kier alpha value is -5.84. The lowest BCUT2D eigenvalue weighted by Gasteiger charge is -2.25. The van der Waals surface area contributed by atoms with E-state index in [1.54, 1.807) is 0 Å². The Bertz CT molecular complexity index is 2710. The number of hydrogen-bond donors (Lipinski definition) is 0. The summed E-state index contributed by atoms with van der Waals surface area (Å²) in [6.07, 6.45) is 0. The van der Waals surface area contributed by atoms with Crippen LogP contribution in [0.15, 0.2) is 160 Å². The Morgan fingerprint density at radius 1 is 0.435 bits per heavy atom. The van der Waals surface area contributed by atoms with Gasteiger partial charge in [-0.25, -0.2) is 0 Å². The van der Waals surface area contributed by atoms with Crippen LogP contribution in [0.2, 0.25) is 0 Å². The molecule has 0 fully saturated rings. The lowest BCUT2D eigenvalue weighted by molar-refractivity contribution is 0.664. The maximum Gasteiger partial charge on any atom is 0.144 e. The molecule has 0 aliphatic carbocycles. The molecule has 0 radical (unpaired) electrons. The van der Waals surface area contributed by atoms with E-state index in [4.69, 9.17) is 8.83 Å². The van der Waals surface area contributed by atoms with E-state index >= 15 is 0 Å². The molecule has 0 aliphatic rings. The summed E-state index contributed by atoms with van der Waals surface area (Å²) in [5.74, 6) is 0. The first kappa shape index (κ1) is 25.5. The van der Waals surface area contributed by atoms with Crippen LogP contribution >= 0.6 is 11.3 Å². The van der Waals surface area contributed by atoms with Crippen molar-refractivity contribution in [1.29, 1.82) is 0 Å². The van der Waals surface area contributed by atoms with Crippen LogP contribution in [-0.4, -0.2) is 0 Å². The standard InChI is InChI=1S/C42H25NO2S/c1-3-12-26(13-4-1)43(27-14-5-2-6-15-27)28-22-23-36-33(24-28)34-25-37-39(31-17-7-9-20-35(31)44-37)40(41(34)45-36)32-19-11-18-30-29-16-8-10-21-38(29)46-42(30)32/h1-25H. The van der Waals surface area contributed by atoms with Gasteiger partial charge in [0.25, 0.3) is 0 Å². The topological polar surface area (TPSA) is 29.5 Å². The predicted molar refractivity (Wildman–Crippen MR) is 194 cm³/mol. The molecule has 0 amide bonds. The monoisotopic (exact) mass is 607 g/mol. The third-order valence-electron chi connectivity index (χ3n) is 9.05. The summed E-state index contributed by atoms with van der Waals surface area (Å²) in [6, 6.07) is 53.3. The van der Waals surface area contributed by atoms with Crippen molar-refractivity contribution in [1.82, 2.24) is 0 Å². The minimum absolute atomic E-state index is 0.849. The van der Waals surface area contributed by atoms with Gasteiger partial charge in [0.1, 0.15) is 22.3 Å². The Labute approximate surface area is 268 Å². The van der Waals surface area contributed by atoms with Crippen LogP contribution in [-0.2, 0) is 0 Å². The lowest BCUT2D eigenvalue weighted by atomic mass is 9.95. The first-order chi connectivity index (χ1) is 22.8. The summed E-state index contributed by atoms with van der Waals surface area (Å²) < 4.78 is 16.0. The second-order valence-corrected chi connectivity index (χ2v) is 12.7. The predicted octanol–water partition coefficient (Wildman–Crippen LogP) is 13.0. The molecule has 0 spiro atoms. The van der Waals surface area contributed by atoms with E-state index in [0.717, 1.165) is 72.1 Å². The van der Waals surface area contributed by atoms with E-state index in [-0.39, 0.29) is 0 Å². The van der Waals surface area contributed by atoms with Crippen molar-refractivity contribution in [2.75, 3.05) is 4.90 Å². The molecule has 0 saturated heterocycles. The van der Waals surface area contributed by atoms with Gasteiger partial charge in [0.2, 0.25) is 0 Å². The Morgan fingerprint density at radius 3 is 1.91 bits per heavy atom. The van der Waals surface area contributed by atoms with Gasteiger partial charge in [0, 0.05) is 69.9 Å². The maximum absolute atomic E-state index is 6.88. The fourth-order valence-corrected chi connectivity index (χ4v) is 8.27. The molecule has 3 nitrogen and oxygen atoms in total. The van der Waals surface area contributed by atoms with E-state index in [9.17, 15) is 0 Å². The van der Waals surface area contributed by atoms with Crippen molar-refractivity contribution in [2.45, 2.75) is 0 Å². The molecule has 4 heteroatoms. The number of thiophene rings is 1. The quantitative estimate of drug-likeness (QED) is 0.199. The zero-order valence-electron chi connectivity index (χ0n) is 24.6. The first-order valence-electron chi connectivity index (χ1n) is 15.4. The van der Waals surface area contributed by atoms with Crippen molar-refractivity contribution < 1.29 is 8.83 Å². The summed E-state index contributed by atoms with van der Waals surface area (Å²) >= 11 is 1.84. The number of benzene rings is 7. The van der Waals surface area contributed by atoms with Crippen LogP contribution in [0.3, 0.4) is 0 Å². The number of hydrogen-bond acceptors (Lipinski definition) is 4. The van der Waals surface area contributed by atoms with E-state index in [2.05, 4.69) is 150 Å². The second kappa shape index (κ2) is 9.83. The van der Waals surface area contributed by atoms with Crippen molar-refractivity contribution in [3.8, 4) is 11.1 Å². The SMILES string of the molecule is c1ccc(N(c2ccccc2)c2ccc3oc4c(-c5cccc6c5sc5ccccc56)c5c(cc4c3c2)oc2ccccc25)cc1. The molecule has 3 heterocycles. The van der Waals surface area contributed by atoms with E-state index in [0.29, 0.717) is 0 Å². The van der Waals surface area contributed by atoms with E-state index in [1.807, 2.05) is 17.4 Å². The molecule has 0 atom stereocenters. The number of fused-ring (bicyclic) bond motifs is 9. The molecule has 0 saturated carbocycles. The molecule has 0 N–H and O–H groups in total. The average molecular weight is 608 g/mol. The lowest BCUT2D eigenvalue weighted by Crippen LogP contribution is -2.09. The molecule has 3 aromatic heterocycles. The molecular formula is C42H25NO2S. The van der Waals surface area contributed by atoms with Gasteiger partial charge in [-0.15, -0.1) is 11.3 Å². The fourth-order valence-electron chi connectivity index (χ4n) is 7.04. The minimum Gasteiger partial charge on any atom is -0.456 e. The number of anilines is 3. The van der Waals surface area contributed by atoms with Crippen LogP contribution in [0.4, 0.5) is 17.1 Å². The van der Waals surface area contributed by atoms with E-state index in [1.165, 1.54) is 20.2 Å². The van der Waals surface area contributed by atoms with Crippen LogP contribution in [0.25, 0.3) is 75.2 Å². The van der Waals surface area contributed by atoms with Crippen LogP contribution < -0.4 is 4.90 Å². The van der Waals surface area contributed by atoms with Crippen LogP contribution in [0, 0.1) is 0 Å². The number of rotatable bonds is 4. The molecular weight excluding hydrogens is 583 g/mol. The van der Waals surface area contributed by atoms with Gasteiger partial charge in [-0.3, -0.25) is 0 Å². The third-order valence-corrected chi connectivity index (χ3v) is 10.3. The Balaban J connectivity index is 1.31. The maximum atomic E-state index is 6.88. The molecule has 0 bridgehead atoms. The zero-order valence-corrected chi connectivity index (χ0v) is 25.4. The van der Waals surface area contributed by atoms with Gasteiger partial charge in [0.05, 0.1) is 0 Å². The third kappa shape index (κ3) is 3.71. The molecule has 46 heavy (non-hydrogen) atoms. The summed E-state index contributed by atoms with van der Waals surface area (Å²) in [7, 11) is 0.